The molecule has 0 bridgehead atoms. The lowest BCUT2D eigenvalue weighted by atomic mass is 9.76. The molecule has 1 saturated carbocycles. The Kier molecular flexibility index (Phi) is 3.23. The first-order chi connectivity index (χ1) is 7.86. The van der Waals surface area contributed by atoms with Crippen LogP contribution in [0.15, 0.2) is 0 Å². The van der Waals surface area contributed by atoms with Crippen LogP contribution in [0.3, 0.4) is 0 Å². The smallest absolute Gasteiger partial charge is 0.311 e. The fraction of sp³-hybridized carbons (Fsp3) is 0.929. The highest BCUT2D eigenvalue weighted by Crippen LogP contribution is 2.46. The topological polar surface area (TPSA) is 38.8 Å². The molecule has 2 aliphatic rings. The third-order valence-electron chi connectivity index (χ3n) is 4.40. The molecule has 2 fully saturated rings. The minimum Gasteiger partial charge on any atom is -0.465 e. The molecular formula is C14H24O3. The van der Waals surface area contributed by atoms with Gasteiger partial charge in [0.1, 0.15) is 0 Å². The van der Waals surface area contributed by atoms with Crippen molar-refractivity contribution in [3.63, 3.8) is 0 Å². The van der Waals surface area contributed by atoms with Gasteiger partial charge >= 0.3 is 5.97 Å². The van der Waals surface area contributed by atoms with Crippen molar-refractivity contribution in [3.8, 4) is 0 Å². The number of esters is 1. The van der Waals surface area contributed by atoms with E-state index in [9.17, 15) is 4.79 Å². The summed E-state index contributed by atoms with van der Waals surface area (Å²) in [7, 11) is 0. The summed E-state index contributed by atoms with van der Waals surface area (Å²) in [4.78, 5) is 11.9. The van der Waals surface area contributed by atoms with Gasteiger partial charge in [-0.05, 0) is 39.5 Å². The number of carbonyl (C=O) groups is 1. The minimum atomic E-state index is -0.357. The highest BCUT2D eigenvalue weighted by molar-refractivity contribution is 5.75. The van der Waals surface area contributed by atoms with Gasteiger partial charge in [-0.2, -0.15) is 0 Å². The summed E-state index contributed by atoms with van der Waals surface area (Å²) in [6.45, 7) is 8.66. The Bertz CT molecular complexity index is 311. The molecule has 0 spiro atoms. The average Bonchev–Trinajstić information content (AvgIpc) is 3.03. The fourth-order valence-corrected chi connectivity index (χ4v) is 2.40. The number of hydrogen-bond donors (Lipinski definition) is 0. The van der Waals surface area contributed by atoms with Gasteiger partial charge in [0.25, 0.3) is 0 Å². The predicted octanol–water partition coefficient (Wildman–Crippen LogP) is 2.92. The number of epoxide rings is 1. The zero-order chi connectivity index (χ0) is 12.7. The van der Waals surface area contributed by atoms with Gasteiger partial charge in [-0.1, -0.05) is 13.8 Å². The van der Waals surface area contributed by atoms with Crippen LogP contribution >= 0.6 is 0 Å². The van der Waals surface area contributed by atoms with Gasteiger partial charge in [0.05, 0.1) is 24.2 Å². The summed E-state index contributed by atoms with van der Waals surface area (Å²) in [5.41, 5.74) is -0.235. The lowest BCUT2D eigenvalue weighted by molar-refractivity contribution is -0.158. The van der Waals surface area contributed by atoms with Crippen molar-refractivity contribution in [1.29, 1.82) is 0 Å². The van der Waals surface area contributed by atoms with E-state index in [1.54, 1.807) is 0 Å². The van der Waals surface area contributed by atoms with Crippen LogP contribution in [0.4, 0.5) is 0 Å². The molecule has 3 unspecified atom stereocenters. The molecule has 0 aromatic rings. The van der Waals surface area contributed by atoms with E-state index >= 15 is 0 Å². The summed E-state index contributed by atoms with van der Waals surface area (Å²) in [6.07, 6.45) is 5.02. The van der Waals surface area contributed by atoms with Crippen LogP contribution in [-0.4, -0.2) is 24.8 Å². The first kappa shape index (κ1) is 12.9. The molecule has 1 aliphatic carbocycles. The van der Waals surface area contributed by atoms with Crippen molar-refractivity contribution in [3.05, 3.63) is 0 Å². The van der Waals surface area contributed by atoms with Gasteiger partial charge in [0.2, 0.25) is 0 Å². The van der Waals surface area contributed by atoms with Gasteiger partial charge in [0.15, 0.2) is 0 Å². The molecule has 3 atom stereocenters. The van der Waals surface area contributed by atoms with Gasteiger partial charge < -0.3 is 9.47 Å². The van der Waals surface area contributed by atoms with Gasteiger partial charge in [-0.25, -0.2) is 0 Å². The Morgan fingerprint density at radius 2 is 2.18 bits per heavy atom. The molecule has 1 aliphatic heterocycles. The van der Waals surface area contributed by atoms with Crippen molar-refractivity contribution >= 4 is 5.97 Å². The third kappa shape index (κ3) is 2.82. The first-order valence-electron chi connectivity index (χ1n) is 6.69. The molecule has 0 aromatic heterocycles. The van der Waals surface area contributed by atoms with Crippen LogP contribution < -0.4 is 0 Å². The average molecular weight is 240 g/mol. The molecule has 3 heteroatoms. The largest absolute Gasteiger partial charge is 0.465 e. The zero-order valence-corrected chi connectivity index (χ0v) is 11.4. The molecule has 1 saturated heterocycles. The number of ether oxygens (including phenoxy) is 2. The summed E-state index contributed by atoms with van der Waals surface area (Å²) >= 11 is 0. The maximum Gasteiger partial charge on any atom is 0.311 e. The highest BCUT2D eigenvalue weighted by Gasteiger charge is 2.49. The molecule has 2 rings (SSSR count). The molecule has 0 N–H and O–H groups in total. The van der Waals surface area contributed by atoms with Crippen molar-refractivity contribution < 1.29 is 14.3 Å². The normalized spacial score (nSPS) is 36.2. The molecule has 1 heterocycles. The van der Waals surface area contributed by atoms with E-state index in [0.29, 0.717) is 18.8 Å². The second kappa shape index (κ2) is 4.27. The second-order valence-corrected chi connectivity index (χ2v) is 6.58. The molecule has 17 heavy (non-hydrogen) atoms. The number of rotatable bonds is 4. The Balaban J connectivity index is 1.83. The summed E-state index contributed by atoms with van der Waals surface area (Å²) < 4.78 is 11.0. The lowest BCUT2D eigenvalue weighted by Gasteiger charge is -2.32. The zero-order valence-electron chi connectivity index (χ0n) is 11.4. The molecule has 98 valence electrons. The van der Waals surface area contributed by atoms with Crippen LogP contribution in [0.25, 0.3) is 0 Å². The summed E-state index contributed by atoms with van der Waals surface area (Å²) in [6, 6.07) is 0. The number of hydrogen-bond acceptors (Lipinski definition) is 3. The molecule has 0 amide bonds. The molecule has 3 nitrogen and oxygen atoms in total. The van der Waals surface area contributed by atoms with Gasteiger partial charge in [-0.3, -0.25) is 4.79 Å². The highest BCUT2D eigenvalue weighted by atomic mass is 16.6. The quantitative estimate of drug-likeness (QED) is 0.560. The Labute approximate surface area is 104 Å². The lowest BCUT2D eigenvalue weighted by Crippen LogP contribution is -2.34. The van der Waals surface area contributed by atoms with Crippen LogP contribution in [0, 0.1) is 10.8 Å². The third-order valence-corrected chi connectivity index (χ3v) is 4.40. The fourth-order valence-electron chi connectivity index (χ4n) is 2.40. The number of carbonyl (C=O) groups excluding carboxylic acids is 1. The molecular weight excluding hydrogens is 216 g/mol. The van der Waals surface area contributed by atoms with Crippen LogP contribution in [0.5, 0.6) is 0 Å². The van der Waals surface area contributed by atoms with Crippen LogP contribution in [0.2, 0.25) is 0 Å². The SMILES string of the molecule is CCC(C)(C)C(=O)OCC1(C)CCC2OC2C1. The minimum absolute atomic E-state index is 0.0694. The van der Waals surface area contributed by atoms with Crippen LogP contribution in [0.1, 0.15) is 53.4 Å². The van der Waals surface area contributed by atoms with E-state index in [2.05, 4.69) is 6.92 Å². The Morgan fingerprint density at radius 3 is 2.76 bits per heavy atom. The van der Waals surface area contributed by atoms with E-state index in [0.717, 1.165) is 25.7 Å². The van der Waals surface area contributed by atoms with Crippen LogP contribution in [-0.2, 0) is 14.3 Å². The summed E-state index contributed by atoms with van der Waals surface area (Å²) in [5, 5.41) is 0. The van der Waals surface area contributed by atoms with Crippen molar-refractivity contribution in [2.45, 2.75) is 65.6 Å². The molecule has 0 aromatic carbocycles. The van der Waals surface area contributed by atoms with Crippen molar-refractivity contribution in [1.82, 2.24) is 0 Å². The van der Waals surface area contributed by atoms with E-state index < -0.39 is 0 Å². The van der Waals surface area contributed by atoms with E-state index in [-0.39, 0.29) is 16.8 Å². The first-order valence-corrected chi connectivity index (χ1v) is 6.69. The molecule has 0 radical (unpaired) electrons. The summed E-state index contributed by atoms with van der Waals surface area (Å²) in [5.74, 6) is -0.0694. The van der Waals surface area contributed by atoms with Crippen molar-refractivity contribution in [2.75, 3.05) is 6.61 Å². The van der Waals surface area contributed by atoms with Gasteiger partial charge in [0, 0.05) is 5.41 Å². The van der Waals surface area contributed by atoms with Gasteiger partial charge in [-0.15, -0.1) is 0 Å². The monoisotopic (exact) mass is 240 g/mol. The predicted molar refractivity (Wildman–Crippen MR) is 65.7 cm³/mol. The number of fused-ring (bicyclic) bond motifs is 1. The Morgan fingerprint density at radius 1 is 1.47 bits per heavy atom. The Hall–Kier alpha value is -0.570. The standard InChI is InChI=1S/C14H24O3/c1-5-13(2,3)12(15)16-9-14(4)7-6-10-11(8-14)17-10/h10-11H,5-9H2,1-4H3. The maximum atomic E-state index is 11.9. The van der Waals surface area contributed by atoms with Crippen molar-refractivity contribution in [2.24, 2.45) is 10.8 Å². The van der Waals surface area contributed by atoms with E-state index in [4.69, 9.17) is 9.47 Å². The maximum absolute atomic E-state index is 11.9. The van der Waals surface area contributed by atoms with E-state index in [1.165, 1.54) is 0 Å². The van der Waals surface area contributed by atoms with E-state index in [1.807, 2.05) is 20.8 Å². The second-order valence-electron chi connectivity index (χ2n) is 6.58.